The highest BCUT2D eigenvalue weighted by Crippen LogP contribution is 2.45. The summed E-state index contributed by atoms with van der Waals surface area (Å²) in [4.78, 5) is 28.4. The zero-order valence-corrected chi connectivity index (χ0v) is 18.9. The molecule has 2 heterocycles. The first-order valence-electron chi connectivity index (χ1n) is 11.0. The van der Waals surface area contributed by atoms with Crippen LogP contribution in [-0.2, 0) is 11.2 Å². The van der Waals surface area contributed by atoms with Crippen molar-refractivity contribution in [2.75, 3.05) is 24.5 Å². The first-order valence-corrected chi connectivity index (χ1v) is 11.0. The van der Waals surface area contributed by atoms with E-state index in [1.807, 2.05) is 39.5 Å². The number of aromatic carboxylic acids is 1. The number of hydrogen-bond acceptors (Lipinski definition) is 4. The number of carboxylic acid groups (broad SMARTS) is 1. The van der Waals surface area contributed by atoms with Crippen molar-refractivity contribution in [1.29, 1.82) is 0 Å². The van der Waals surface area contributed by atoms with Crippen molar-refractivity contribution in [2.45, 2.75) is 65.5 Å². The molecule has 0 aromatic heterocycles. The number of carbonyl (C=O) groups excluding carboxylic acids is 1. The second-order valence-corrected chi connectivity index (χ2v) is 10.0. The molecule has 2 atom stereocenters. The van der Waals surface area contributed by atoms with Crippen molar-refractivity contribution in [3.63, 3.8) is 0 Å². The van der Waals surface area contributed by atoms with Crippen LogP contribution < -0.4 is 4.90 Å². The lowest BCUT2D eigenvalue weighted by Gasteiger charge is -2.37. The van der Waals surface area contributed by atoms with E-state index in [1.54, 1.807) is 4.90 Å². The number of anilines is 1. The maximum absolute atomic E-state index is 15.3. The van der Waals surface area contributed by atoms with E-state index in [-0.39, 0.29) is 23.6 Å². The van der Waals surface area contributed by atoms with Crippen LogP contribution in [0.4, 0.5) is 14.9 Å². The first kappa shape index (κ1) is 21.7. The van der Waals surface area contributed by atoms with Crippen molar-refractivity contribution in [3.8, 4) is 0 Å². The lowest BCUT2D eigenvalue weighted by molar-refractivity contribution is 0.00668. The number of hydrogen-bond donors (Lipinski definition) is 1. The Bertz CT molecular complexity index is 979. The topological polar surface area (TPSA) is 70.1 Å². The molecule has 3 aliphatic rings. The summed E-state index contributed by atoms with van der Waals surface area (Å²) in [7, 11) is 0. The number of ether oxygens (including phenoxy) is 1. The summed E-state index contributed by atoms with van der Waals surface area (Å²) < 4.78 is 21.0. The molecule has 1 aliphatic carbocycles. The highest BCUT2D eigenvalue weighted by molar-refractivity contribution is 5.96. The molecule has 0 bridgehead atoms. The fraction of sp³-hybridized carbons (Fsp3) is 0.583. The van der Waals surface area contributed by atoms with Crippen molar-refractivity contribution in [3.05, 3.63) is 34.1 Å². The van der Waals surface area contributed by atoms with Crippen molar-refractivity contribution < 1.29 is 23.8 Å². The molecule has 0 radical (unpaired) electrons. The number of likely N-dealkylation sites (tertiary alicyclic amines) is 1. The van der Waals surface area contributed by atoms with Crippen LogP contribution in [0.25, 0.3) is 5.57 Å². The smallest absolute Gasteiger partial charge is 0.410 e. The molecule has 2 unspecified atom stereocenters. The van der Waals surface area contributed by atoms with Gasteiger partial charge in [-0.15, -0.1) is 0 Å². The number of benzene rings is 1. The van der Waals surface area contributed by atoms with Crippen LogP contribution >= 0.6 is 0 Å². The van der Waals surface area contributed by atoms with E-state index in [4.69, 9.17) is 4.74 Å². The van der Waals surface area contributed by atoms with Crippen LogP contribution in [0.2, 0.25) is 0 Å². The normalized spacial score (nSPS) is 23.2. The van der Waals surface area contributed by atoms with Gasteiger partial charge in [-0.05, 0) is 77.0 Å². The number of carbonyl (C=O) groups is 2. The zero-order valence-electron chi connectivity index (χ0n) is 18.9. The number of halogens is 1. The predicted molar refractivity (Wildman–Crippen MR) is 117 cm³/mol. The molecule has 2 saturated heterocycles. The van der Waals surface area contributed by atoms with E-state index in [2.05, 4.69) is 0 Å². The highest BCUT2D eigenvalue weighted by Gasteiger charge is 2.44. The Kier molecular flexibility index (Phi) is 5.26. The Labute approximate surface area is 182 Å². The Morgan fingerprint density at radius 3 is 2.58 bits per heavy atom. The minimum atomic E-state index is -1.10. The third kappa shape index (κ3) is 3.79. The van der Waals surface area contributed by atoms with E-state index < -0.39 is 17.4 Å². The van der Waals surface area contributed by atoms with Gasteiger partial charge in [0.2, 0.25) is 0 Å². The van der Waals surface area contributed by atoms with Gasteiger partial charge >= 0.3 is 12.1 Å². The van der Waals surface area contributed by atoms with Crippen molar-refractivity contribution in [1.82, 2.24) is 4.90 Å². The second-order valence-electron chi connectivity index (χ2n) is 10.0. The summed E-state index contributed by atoms with van der Waals surface area (Å²) in [6.07, 6.45) is 2.08. The van der Waals surface area contributed by atoms with Crippen molar-refractivity contribution in [2.24, 2.45) is 5.92 Å². The lowest BCUT2D eigenvalue weighted by Crippen LogP contribution is -2.50. The number of rotatable bonds is 2. The standard InChI is InChI=1S/C24H31FN2O4/c1-13-9-16-17(22(28)29)10-18(25)21(20(16)14(13)2)26-11-15-7-6-8-27(19(15)12-26)23(30)31-24(3,4)5/h10,15,19H,6-9,11-12H2,1-5H3,(H,28,29). The number of piperidine rings is 1. The van der Waals surface area contributed by atoms with Crippen LogP contribution in [0.1, 0.15) is 68.9 Å². The van der Waals surface area contributed by atoms with Gasteiger partial charge in [-0.1, -0.05) is 5.57 Å². The van der Waals surface area contributed by atoms with Gasteiger partial charge < -0.3 is 19.6 Å². The maximum atomic E-state index is 15.3. The molecule has 0 saturated carbocycles. The van der Waals surface area contributed by atoms with Crippen molar-refractivity contribution >= 4 is 23.3 Å². The van der Waals surface area contributed by atoms with Crippen LogP contribution in [0.3, 0.4) is 0 Å². The largest absolute Gasteiger partial charge is 0.478 e. The number of fused-ring (bicyclic) bond motifs is 2. The third-order valence-corrected chi connectivity index (χ3v) is 6.77. The van der Waals surface area contributed by atoms with Crippen LogP contribution in [0.5, 0.6) is 0 Å². The molecule has 1 aromatic carbocycles. The van der Waals surface area contributed by atoms with E-state index in [0.29, 0.717) is 37.3 Å². The van der Waals surface area contributed by atoms with Crippen LogP contribution in [0.15, 0.2) is 11.6 Å². The van der Waals surface area contributed by atoms with E-state index in [9.17, 15) is 14.7 Å². The molecule has 7 heteroatoms. The molecular formula is C24H31FN2O4. The molecule has 168 valence electrons. The fourth-order valence-corrected chi connectivity index (χ4v) is 5.29. The van der Waals surface area contributed by atoms with Gasteiger partial charge in [-0.2, -0.15) is 0 Å². The summed E-state index contributed by atoms with van der Waals surface area (Å²) in [5.41, 5.74) is 3.38. The van der Waals surface area contributed by atoms with E-state index in [1.165, 1.54) is 0 Å². The number of amides is 1. The summed E-state index contributed by atoms with van der Waals surface area (Å²) in [5, 5.41) is 9.60. The molecule has 1 N–H and O–H groups in total. The number of nitrogens with zero attached hydrogens (tertiary/aromatic N) is 2. The van der Waals surface area contributed by atoms with Crippen LogP contribution in [-0.4, -0.2) is 53.3 Å². The quantitative estimate of drug-likeness (QED) is 0.736. The van der Waals surface area contributed by atoms with Gasteiger partial charge in [0.1, 0.15) is 11.4 Å². The van der Waals surface area contributed by atoms with Gasteiger partial charge in [-0.25, -0.2) is 14.0 Å². The summed E-state index contributed by atoms with van der Waals surface area (Å²) in [6.45, 7) is 11.3. The Hall–Kier alpha value is -2.57. The molecular weight excluding hydrogens is 399 g/mol. The second kappa shape index (κ2) is 7.53. The molecule has 31 heavy (non-hydrogen) atoms. The Morgan fingerprint density at radius 1 is 1.23 bits per heavy atom. The highest BCUT2D eigenvalue weighted by atomic mass is 19.1. The average molecular weight is 431 g/mol. The van der Waals surface area contributed by atoms with Gasteiger partial charge in [0.25, 0.3) is 0 Å². The Balaban J connectivity index is 1.69. The van der Waals surface area contributed by atoms with Gasteiger partial charge in [0.05, 0.1) is 17.3 Å². The summed E-state index contributed by atoms with van der Waals surface area (Å²) in [5.74, 6) is -1.37. The Morgan fingerprint density at radius 2 is 1.94 bits per heavy atom. The molecule has 1 amide bonds. The van der Waals surface area contributed by atoms with Gasteiger partial charge in [-0.3, -0.25) is 0 Å². The molecule has 2 aliphatic heterocycles. The van der Waals surface area contributed by atoms with E-state index >= 15 is 4.39 Å². The first-order chi connectivity index (χ1) is 14.5. The molecule has 6 nitrogen and oxygen atoms in total. The lowest BCUT2D eigenvalue weighted by atomic mass is 9.92. The molecule has 2 fully saturated rings. The van der Waals surface area contributed by atoms with E-state index in [0.717, 1.165) is 35.6 Å². The maximum Gasteiger partial charge on any atom is 0.410 e. The predicted octanol–water partition coefficient (Wildman–Crippen LogP) is 4.71. The number of carboxylic acids is 1. The molecule has 4 rings (SSSR count). The summed E-state index contributed by atoms with van der Waals surface area (Å²) >= 11 is 0. The number of allylic oxidation sites excluding steroid dienone is 2. The molecule has 1 aromatic rings. The monoisotopic (exact) mass is 430 g/mol. The van der Waals surface area contributed by atoms with Gasteiger partial charge in [0, 0.05) is 25.2 Å². The SMILES string of the molecule is CC1=C(C)c2c(c(C(=O)O)cc(F)c2N2CC3CCCN(C(=O)OC(C)(C)C)C3C2)C1. The summed E-state index contributed by atoms with van der Waals surface area (Å²) in [6, 6.07) is 1.13. The average Bonchev–Trinajstić information content (AvgIpc) is 3.21. The van der Waals surface area contributed by atoms with Crippen LogP contribution in [0, 0.1) is 11.7 Å². The third-order valence-electron chi connectivity index (χ3n) is 6.77. The minimum absolute atomic E-state index is 0.0374. The zero-order chi connectivity index (χ0) is 22.7. The fourth-order valence-electron chi connectivity index (χ4n) is 5.29. The van der Waals surface area contributed by atoms with Gasteiger partial charge in [0.15, 0.2) is 0 Å². The minimum Gasteiger partial charge on any atom is -0.478 e. The molecule has 0 spiro atoms.